The molecule has 0 aromatic heterocycles. The Balaban J connectivity index is 2.20. The van der Waals surface area contributed by atoms with Crippen LogP contribution in [0.4, 0.5) is 0 Å². The molecule has 0 unspecified atom stereocenters. The zero-order valence-electron chi connectivity index (χ0n) is 11.1. The summed E-state index contributed by atoms with van der Waals surface area (Å²) in [5.74, 6) is 0.0831. The van der Waals surface area contributed by atoms with Crippen LogP contribution < -0.4 is 0 Å². The van der Waals surface area contributed by atoms with Crippen LogP contribution in [0.1, 0.15) is 21.5 Å². The SMILES string of the molecule is Cc1ccc(C(=O)c2cccc(I)c2)c2ccccc12. The number of carbonyl (C=O) groups excluding carboxylic acids is 1. The third-order valence-corrected chi connectivity index (χ3v) is 4.14. The fraction of sp³-hybridized carbons (Fsp3) is 0.0556. The summed E-state index contributed by atoms with van der Waals surface area (Å²) < 4.78 is 1.07. The standard InChI is InChI=1S/C18H13IO/c1-12-9-10-17(16-8-3-2-7-15(12)16)18(20)13-5-4-6-14(19)11-13/h2-11H,1H3. The summed E-state index contributed by atoms with van der Waals surface area (Å²) in [6.07, 6.45) is 0. The summed E-state index contributed by atoms with van der Waals surface area (Å²) in [6, 6.07) is 19.7. The molecule has 0 aliphatic heterocycles. The molecule has 98 valence electrons. The maximum absolute atomic E-state index is 12.7. The zero-order chi connectivity index (χ0) is 14.1. The lowest BCUT2D eigenvalue weighted by Crippen LogP contribution is -2.03. The molecule has 2 heteroatoms. The Kier molecular flexibility index (Phi) is 3.57. The first-order valence-corrected chi connectivity index (χ1v) is 7.53. The molecule has 0 amide bonds. The fourth-order valence-electron chi connectivity index (χ4n) is 2.43. The molecule has 20 heavy (non-hydrogen) atoms. The van der Waals surface area contributed by atoms with Crippen molar-refractivity contribution in [2.75, 3.05) is 0 Å². The number of benzene rings is 3. The molecule has 0 atom stereocenters. The monoisotopic (exact) mass is 372 g/mol. The minimum absolute atomic E-state index is 0.0831. The first kappa shape index (κ1) is 13.3. The van der Waals surface area contributed by atoms with E-state index in [1.807, 2.05) is 54.6 Å². The van der Waals surface area contributed by atoms with Gasteiger partial charge in [-0.2, -0.15) is 0 Å². The molecule has 0 radical (unpaired) electrons. The van der Waals surface area contributed by atoms with E-state index in [9.17, 15) is 4.79 Å². The lowest BCUT2D eigenvalue weighted by molar-refractivity contribution is 0.104. The highest BCUT2D eigenvalue weighted by Gasteiger charge is 2.13. The van der Waals surface area contributed by atoms with Crippen molar-refractivity contribution >= 4 is 39.1 Å². The van der Waals surface area contributed by atoms with Gasteiger partial charge in [-0.25, -0.2) is 0 Å². The summed E-state index contributed by atoms with van der Waals surface area (Å²) in [5, 5.41) is 2.17. The Morgan fingerprint density at radius 3 is 2.40 bits per heavy atom. The second kappa shape index (κ2) is 5.37. The quantitative estimate of drug-likeness (QED) is 0.458. The van der Waals surface area contributed by atoms with E-state index in [1.165, 1.54) is 5.56 Å². The van der Waals surface area contributed by atoms with Gasteiger partial charge < -0.3 is 0 Å². The predicted molar refractivity (Wildman–Crippen MR) is 91.3 cm³/mol. The van der Waals surface area contributed by atoms with Crippen molar-refractivity contribution < 1.29 is 4.79 Å². The number of fused-ring (bicyclic) bond motifs is 1. The smallest absolute Gasteiger partial charge is 0.193 e. The van der Waals surface area contributed by atoms with E-state index >= 15 is 0 Å². The van der Waals surface area contributed by atoms with Crippen molar-refractivity contribution in [2.24, 2.45) is 0 Å². The van der Waals surface area contributed by atoms with Gasteiger partial charge in [-0.1, -0.05) is 48.5 Å². The van der Waals surface area contributed by atoms with E-state index in [0.29, 0.717) is 0 Å². The maximum atomic E-state index is 12.7. The van der Waals surface area contributed by atoms with E-state index in [1.54, 1.807) is 0 Å². The number of halogens is 1. The highest BCUT2D eigenvalue weighted by atomic mass is 127. The molecular weight excluding hydrogens is 359 g/mol. The number of hydrogen-bond donors (Lipinski definition) is 0. The van der Waals surface area contributed by atoms with Gasteiger partial charge in [0.15, 0.2) is 5.78 Å². The second-order valence-electron chi connectivity index (χ2n) is 4.82. The Morgan fingerprint density at radius 2 is 1.65 bits per heavy atom. The van der Waals surface area contributed by atoms with Crippen LogP contribution in [0.15, 0.2) is 60.7 Å². The van der Waals surface area contributed by atoms with Crippen LogP contribution in [0.25, 0.3) is 10.8 Å². The van der Waals surface area contributed by atoms with E-state index in [0.717, 1.165) is 25.5 Å². The summed E-state index contributed by atoms with van der Waals surface area (Å²) in [4.78, 5) is 12.7. The molecular formula is C18H13IO. The molecule has 0 fully saturated rings. The highest BCUT2D eigenvalue weighted by molar-refractivity contribution is 14.1. The molecule has 0 heterocycles. The first-order chi connectivity index (χ1) is 9.66. The number of ketones is 1. The third kappa shape index (κ3) is 2.36. The Morgan fingerprint density at radius 1 is 0.900 bits per heavy atom. The van der Waals surface area contributed by atoms with Crippen LogP contribution in [0.2, 0.25) is 0 Å². The normalized spacial score (nSPS) is 10.7. The molecule has 0 aliphatic carbocycles. The van der Waals surface area contributed by atoms with Crippen LogP contribution in [0.5, 0.6) is 0 Å². The van der Waals surface area contributed by atoms with Crippen molar-refractivity contribution in [3.8, 4) is 0 Å². The van der Waals surface area contributed by atoms with Crippen molar-refractivity contribution in [3.63, 3.8) is 0 Å². The molecule has 0 bridgehead atoms. The van der Waals surface area contributed by atoms with Gasteiger partial charge in [-0.15, -0.1) is 0 Å². The number of carbonyl (C=O) groups is 1. The number of rotatable bonds is 2. The van der Waals surface area contributed by atoms with E-state index in [-0.39, 0.29) is 5.78 Å². The van der Waals surface area contributed by atoms with Crippen molar-refractivity contribution in [1.82, 2.24) is 0 Å². The molecule has 3 aromatic carbocycles. The molecule has 0 spiro atoms. The summed E-state index contributed by atoms with van der Waals surface area (Å²) in [5.41, 5.74) is 2.71. The van der Waals surface area contributed by atoms with Crippen molar-refractivity contribution in [1.29, 1.82) is 0 Å². The van der Waals surface area contributed by atoms with Gasteiger partial charge in [0, 0.05) is 14.7 Å². The van der Waals surface area contributed by atoms with Gasteiger partial charge in [0.1, 0.15) is 0 Å². The van der Waals surface area contributed by atoms with Gasteiger partial charge in [-0.3, -0.25) is 4.79 Å². The van der Waals surface area contributed by atoms with E-state index in [4.69, 9.17) is 0 Å². The second-order valence-corrected chi connectivity index (χ2v) is 6.06. The minimum Gasteiger partial charge on any atom is -0.289 e. The summed E-state index contributed by atoms with van der Waals surface area (Å²) in [6.45, 7) is 2.07. The Hall–Kier alpha value is -1.68. The van der Waals surface area contributed by atoms with E-state index < -0.39 is 0 Å². The predicted octanol–water partition coefficient (Wildman–Crippen LogP) is 4.98. The fourth-order valence-corrected chi connectivity index (χ4v) is 2.98. The molecule has 3 rings (SSSR count). The van der Waals surface area contributed by atoms with Crippen molar-refractivity contribution in [3.05, 3.63) is 80.9 Å². The van der Waals surface area contributed by atoms with Gasteiger partial charge in [-0.05, 0) is 58.0 Å². The largest absolute Gasteiger partial charge is 0.289 e. The maximum Gasteiger partial charge on any atom is 0.193 e. The highest BCUT2D eigenvalue weighted by Crippen LogP contribution is 2.24. The Bertz CT molecular complexity index is 805. The van der Waals surface area contributed by atoms with Crippen LogP contribution in [0, 0.1) is 10.5 Å². The molecule has 3 aromatic rings. The van der Waals surface area contributed by atoms with Crippen LogP contribution >= 0.6 is 22.6 Å². The lowest BCUT2D eigenvalue weighted by atomic mass is 9.95. The van der Waals surface area contributed by atoms with Gasteiger partial charge in [0.05, 0.1) is 0 Å². The number of hydrogen-bond acceptors (Lipinski definition) is 1. The molecule has 0 aliphatic rings. The van der Waals surface area contributed by atoms with Crippen LogP contribution in [-0.2, 0) is 0 Å². The lowest BCUT2D eigenvalue weighted by Gasteiger charge is -2.08. The average Bonchev–Trinajstić information content (AvgIpc) is 2.47. The third-order valence-electron chi connectivity index (χ3n) is 3.47. The first-order valence-electron chi connectivity index (χ1n) is 6.45. The van der Waals surface area contributed by atoms with Crippen LogP contribution in [-0.4, -0.2) is 5.78 Å². The summed E-state index contributed by atoms with van der Waals surface area (Å²) in [7, 11) is 0. The molecule has 0 N–H and O–H groups in total. The number of aryl methyl sites for hydroxylation is 1. The van der Waals surface area contributed by atoms with Gasteiger partial charge >= 0.3 is 0 Å². The Labute approximate surface area is 131 Å². The van der Waals surface area contributed by atoms with E-state index in [2.05, 4.69) is 35.6 Å². The van der Waals surface area contributed by atoms with Gasteiger partial charge in [0.25, 0.3) is 0 Å². The van der Waals surface area contributed by atoms with Crippen LogP contribution in [0.3, 0.4) is 0 Å². The molecule has 0 saturated carbocycles. The van der Waals surface area contributed by atoms with Gasteiger partial charge in [0.2, 0.25) is 0 Å². The summed E-state index contributed by atoms with van der Waals surface area (Å²) >= 11 is 2.23. The topological polar surface area (TPSA) is 17.1 Å². The molecule has 1 nitrogen and oxygen atoms in total. The van der Waals surface area contributed by atoms with Crippen molar-refractivity contribution in [2.45, 2.75) is 6.92 Å². The molecule has 0 saturated heterocycles. The zero-order valence-corrected chi connectivity index (χ0v) is 13.2. The average molecular weight is 372 g/mol. The minimum atomic E-state index is 0.0831.